The molecule has 3 heterocycles. The lowest BCUT2D eigenvalue weighted by Gasteiger charge is -2.37. The lowest BCUT2D eigenvalue weighted by molar-refractivity contribution is -0.0631. The number of amides is 1. The van der Waals surface area contributed by atoms with E-state index in [0.29, 0.717) is 23.1 Å². The first kappa shape index (κ1) is 31.0. The Bertz CT molecular complexity index is 1450. The lowest BCUT2D eigenvalue weighted by atomic mass is 10.1. The van der Waals surface area contributed by atoms with Crippen molar-refractivity contribution < 1.29 is 24.7 Å². The third kappa shape index (κ3) is 7.73. The molecular formula is C30H38N7O5P. The molecule has 1 aromatic carbocycles. The molecule has 3 aromatic rings. The fourth-order valence-corrected chi connectivity index (χ4v) is 6.54. The van der Waals surface area contributed by atoms with Crippen molar-refractivity contribution in [1.82, 2.24) is 24.2 Å². The van der Waals surface area contributed by atoms with E-state index >= 15 is 0 Å². The van der Waals surface area contributed by atoms with Crippen LogP contribution in [-0.4, -0.2) is 80.3 Å². The van der Waals surface area contributed by atoms with Crippen molar-refractivity contribution in [3.63, 3.8) is 0 Å². The van der Waals surface area contributed by atoms with Crippen LogP contribution >= 0.6 is 8.53 Å². The molecule has 1 saturated heterocycles. The van der Waals surface area contributed by atoms with Crippen LogP contribution in [0.15, 0.2) is 43.0 Å². The Labute approximate surface area is 255 Å². The molecule has 1 amide bonds. The predicted molar refractivity (Wildman–Crippen MR) is 164 cm³/mol. The van der Waals surface area contributed by atoms with Gasteiger partial charge in [0.15, 0.2) is 23.2 Å². The third-order valence-electron chi connectivity index (χ3n) is 6.61. The van der Waals surface area contributed by atoms with Gasteiger partial charge < -0.3 is 28.7 Å². The van der Waals surface area contributed by atoms with Gasteiger partial charge in [0.25, 0.3) is 14.4 Å². The van der Waals surface area contributed by atoms with Crippen LogP contribution in [0.1, 0.15) is 59.0 Å². The van der Waals surface area contributed by atoms with Gasteiger partial charge in [-0.05, 0) is 46.7 Å². The molecule has 228 valence electrons. The van der Waals surface area contributed by atoms with Gasteiger partial charge in [-0.15, -0.1) is 12.3 Å². The summed E-state index contributed by atoms with van der Waals surface area (Å²) in [7, 11) is -1.64. The predicted octanol–water partition coefficient (Wildman–Crippen LogP) is 5.07. The summed E-state index contributed by atoms with van der Waals surface area (Å²) in [6.07, 6.45) is 5.91. The van der Waals surface area contributed by atoms with Gasteiger partial charge in [-0.1, -0.05) is 18.2 Å². The minimum absolute atomic E-state index is 0.0845. The number of imidazole rings is 1. The largest absolute Gasteiger partial charge is 0.370 e. The molecule has 0 aliphatic carbocycles. The van der Waals surface area contributed by atoms with Crippen molar-refractivity contribution in [3.05, 3.63) is 60.0 Å². The molecule has 3 unspecified atom stereocenters. The number of anilines is 1. The van der Waals surface area contributed by atoms with Crippen LogP contribution in [0.4, 0.5) is 5.82 Å². The van der Waals surface area contributed by atoms with Crippen LogP contribution < -0.4 is 5.32 Å². The number of hydrogen-bond donors (Lipinski definition) is 1. The summed E-state index contributed by atoms with van der Waals surface area (Å²) in [4.78, 5) is 29.5. The van der Waals surface area contributed by atoms with Crippen molar-refractivity contribution in [1.29, 1.82) is 0 Å². The summed E-state index contributed by atoms with van der Waals surface area (Å²) in [5.41, 5.74) is 1.25. The van der Waals surface area contributed by atoms with Gasteiger partial charge in [0.05, 0.1) is 19.0 Å². The number of rotatable bonds is 14. The first-order chi connectivity index (χ1) is 21.3. The molecule has 0 bridgehead atoms. The number of fused-ring (bicyclic) bond motifs is 1. The second-order valence-corrected chi connectivity index (χ2v) is 11.7. The van der Waals surface area contributed by atoms with Crippen LogP contribution in [0.25, 0.3) is 16.0 Å². The van der Waals surface area contributed by atoms with Crippen molar-refractivity contribution in [2.75, 3.05) is 25.1 Å². The first-order valence-corrected chi connectivity index (χ1v) is 15.2. The molecule has 1 fully saturated rings. The van der Waals surface area contributed by atoms with Gasteiger partial charge in [-0.2, -0.15) is 0 Å². The Hall–Kier alpha value is -3.48. The van der Waals surface area contributed by atoms with Gasteiger partial charge >= 0.3 is 0 Å². The zero-order chi connectivity index (χ0) is 31.6. The Morgan fingerprint density at radius 3 is 2.67 bits per heavy atom. The van der Waals surface area contributed by atoms with E-state index in [1.165, 1.54) is 6.33 Å². The smallest absolute Gasteiger partial charge is 0.259 e. The maximum Gasteiger partial charge on any atom is 0.259 e. The van der Waals surface area contributed by atoms with Crippen LogP contribution in [-0.2, 0) is 18.5 Å². The summed E-state index contributed by atoms with van der Waals surface area (Å²) >= 11 is 0. The maximum atomic E-state index is 12.9. The molecule has 0 spiro atoms. The highest BCUT2D eigenvalue weighted by atomic mass is 31.2. The monoisotopic (exact) mass is 608 g/mol. The summed E-state index contributed by atoms with van der Waals surface area (Å²) in [5, 5.41) is 2.82. The van der Waals surface area contributed by atoms with E-state index in [4.69, 9.17) is 32.9 Å². The molecule has 12 nitrogen and oxygen atoms in total. The van der Waals surface area contributed by atoms with Crippen molar-refractivity contribution in [2.24, 2.45) is 0 Å². The van der Waals surface area contributed by atoms with E-state index < -0.39 is 33.1 Å². The topological polar surface area (TPSA) is 117 Å². The number of nitrogens with one attached hydrogen (secondary N) is 1. The lowest BCUT2D eigenvalue weighted by Crippen LogP contribution is -2.39. The fourth-order valence-electron chi connectivity index (χ4n) is 4.78. The number of nitrogens with zero attached hydrogens (tertiary/aromatic N) is 6. The number of terminal acetylenes is 1. The molecule has 2 aromatic heterocycles. The van der Waals surface area contributed by atoms with Gasteiger partial charge in [0, 0.05) is 25.4 Å². The van der Waals surface area contributed by atoms with E-state index in [-0.39, 0.29) is 50.5 Å². The zero-order valence-corrected chi connectivity index (χ0v) is 25.7. The highest BCUT2D eigenvalue weighted by Gasteiger charge is 2.48. The zero-order valence-electron chi connectivity index (χ0n) is 25.8. The third-order valence-corrected chi connectivity index (χ3v) is 8.73. The second-order valence-electron chi connectivity index (χ2n) is 10.3. The highest BCUT2D eigenvalue weighted by Crippen LogP contribution is 2.50. The minimum Gasteiger partial charge on any atom is -0.370 e. The number of benzene rings is 1. The molecule has 1 N–H and O–H groups in total. The Morgan fingerprint density at radius 2 is 2.00 bits per heavy atom. The van der Waals surface area contributed by atoms with Crippen LogP contribution in [0.5, 0.6) is 0 Å². The van der Waals surface area contributed by atoms with E-state index in [9.17, 15) is 4.79 Å². The molecule has 13 heteroatoms. The number of carbonyl (C=O) groups is 1. The van der Waals surface area contributed by atoms with Gasteiger partial charge in [-0.3, -0.25) is 9.36 Å². The average molecular weight is 609 g/mol. The Kier molecular flexibility index (Phi) is 11.0. The molecule has 0 saturated carbocycles. The molecule has 0 radical (unpaired) electrons. The number of hydrogen-bond acceptors (Lipinski definition) is 9. The van der Waals surface area contributed by atoms with Crippen molar-refractivity contribution >= 4 is 31.4 Å². The molecule has 1 aliphatic heterocycles. The number of carbonyl (C=O) groups excluding carboxylic acids is 1. The minimum atomic E-state index is -1.64. The van der Waals surface area contributed by atoms with Crippen molar-refractivity contribution in [3.8, 4) is 12.3 Å². The number of ether oxygens (including phenoxy) is 2. The molecule has 5 atom stereocenters. The summed E-state index contributed by atoms with van der Waals surface area (Å²) < 4.78 is 37.7. The van der Waals surface area contributed by atoms with Crippen LogP contribution in [0.2, 0.25) is 0 Å². The Morgan fingerprint density at radius 1 is 1.23 bits per heavy atom. The maximum absolute atomic E-state index is 12.9. The van der Waals surface area contributed by atoms with Crippen LogP contribution in [0, 0.1) is 18.9 Å². The molecule has 1 aliphatic rings. The van der Waals surface area contributed by atoms with Crippen molar-refractivity contribution in [2.45, 2.75) is 77.6 Å². The molecular weight excluding hydrogens is 569 g/mol. The summed E-state index contributed by atoms with van der Waals surface area (Å²) in [6, 6.07) is 8.97. The molecule has 4 rings (SSSR count). The fraction of sp³-hybridized carbons (Fsp3) is 0.500. The standard InChI is InChI=1S/C30H38N7O5P/c1-8-9-16-39-26-25(42-43(40-17-15-31-7)37(20(2)3)21(4)5)22(6)41-30(26)36-19-34-24-27(32-18-33-28(24)36)35-29(38)23-13-11-10-12-14-23/h1,10-14,18-22,25-26,30H,9,15-17H2,2-6H3,(H,32,33,35,38)/t22-,25?,26?,30-,43?/m1/s1/i6D. The van der Waals surface area contributed by atoms with Gasteiger partial charge in [-0.25, -0.2) is 26.2 Å². The van der Waals surface area contributed by atoms with E-state index in [1.807, 2.05) is 6.07 Å². The quantitative estimate of drug-likeness (QED) is 0.116. The second kappa shape index (κ2) is 15.3. The van der Waals surface area contributed by atoms with E-state index in [2.05, 4.69) is 63.4 Å². The summed E-state index contributed by atoms with van der Waals surface area (Å²) in [5.74, 6) is 2.51. The van der Waals surface area contributed by atoms with E-state index in [1.54, 1.807) is 35.2 Å². The van der Waals surface area contributed by atoms with Gasteiger partial charge in [0.2, 0.25) is 6.54 Å². The molecule has 43 heavy (non-hydrogen) atoms. The van der Waals surface area contributed by atoms with Gasteiger partial charge in [0.1, 0.15) is 25.1 Å². The van der Waals surface area contributed by atoms with Crippen LogP contribution in [0.3, 0.4) is 0 Å². The van der Waals surface area contributed by atoms with E-state index in [0.717, 1.165) is 0 Å². The average Bonchev–Trinajstić information content (AvgIpc) is 3.59. The Balaban J connectivity index is 1.67. The number of aromatic nitrogens is 4. The SMILES string of the molecule is [2H]C[C@H]1O[C@@H](n2cnc3c(NC(=O)c4ccccc4)ncnc32)C(OCCC#C)C1OP(OCC[N+]#[C-])N(C(C)C)C(C)C. The summed E-state index contributed by atoms with van der Waals surface area (Å²) in [6.45, 7) is 15.9. The normalized spacial score (nSPS) is 21.2. The highest BCUT2D eigenvalue weighted by molar-refractivity contribution is 7.44. The first-order valence-electron chi connectivity index (χ1n) is 14.8.